The third-order valence-electron chi connectivity index (χ3n) is 5.71. The van der Waals surface area contributed by atoms with Crippen LogP contribution in [-0.2, 0) is 9.53 Å². The van der Waals surface area contributed by atoms with Gasteiger partial charge in [-0.15, -0.1) is 0 Å². The van der Waals surface area contributed by atoms with Crippen LogP contribution in [-0.4, -0.2) is 35.0 Å². The molecule has 0 bridgehead atoms. The molecule has 0 saturated heterocycles. The fraction of sp³-hybridized carbons (Fsp3) is 0.208. The van der Waals surface area contributed by atoms with Gasteiger partial charge in [0.05, 0.1) is 27.7 Å². The number of thiazole rings is 1. The summed E-state index contributed by atoms with van der Waals surface area (Å²) in [5.41, 5.74) is -2.63. The van der Waals surface area contributed by atoms with Crippen LogP contribution in [0.25, 0.3) is 6.08 Å². The zero-order chi connectivity index (χ0) is 27.2. The van der Waals surface area contributed by atoms with E-state index in [1.165, 1.54) is 55.5 Å². The molecule has 1 aromatic heterocycles. The Balaban J connectivity index is 1.76. The van der Waals surface area contributed by atoms with Crippen LogP contribution >= 0.6 is 11.3 Å². The number of halogens is 3. The molecule has 3 aromatic rings. The number of carbonyl (C=O) groups is 1. The van der Waals surface area contributed by atoms with Gasteiger partial charge in [-0.2, -0.15) is 13.2 Å². The molecule has 2 aliphatic heterocycles. The first-order valence-corrected chi connectivity index (χ1v) is 11.8. The molecule has 0 aliphatic carbocycles. The van der Waals surface area contributed by atoms with Gasteiger partial charge in [0.15, 0.2) is 22.0 Å². The predicted octanol–water partition coefficient (Wildman–Crippen LogP) is 2.98. The molecule has 14 heteroatoms. The molecule has 0 amide bonds. The number of aromatic nitrogens is 1. The Morgan fingerprint density at radius 1 is 1.24 bits per heavy atom. The van der Waals surface area contributed by atoms with Crippen LogP contribution in [0.15, 0.2) is 63.5 Å². The van der Waals surface area contributed by atoms with E-state index in [0.29, 0.717) is 22.6 Å². The fourth-order valence-corrected chi connectivity index (χ4v) is 5.08. The molecular weight excluding hydrogens is 531 g/mol. The van der Waals surface area contributed by atoms with Gasteiger partial charge >= 0.3 is 12.1 Å². The number of benzene rings is 2. The van der Waals surface area contributed by atoms with Gasteiger partial charge in [-0.3, -0.25) is 19.5 Å². The molecule has 0 N–H and O–H groups in total. The topological polar surface area (TPSA) is 122 Å². The number of alkyl halides is 3. The molecular formula is C24H16F3N3O7S. The molecule has 5 rings (SSSR count). The SMILES string of the molecule is CCOC(=O)C1=C(C(F)(F)F)N=c2s/c(=C\c3ccc([N+](=O)[O-])cc3)c(=O)n2[C@@H]1c1ccc2c(c1)OCO2. The van der Waals surface area contributed by atoms with Crippen molar-refractivity contribution in [1.29, 1.82) is 0 Å². The summed E-state index contributed by atoms with van der Waals surface area (Å²) < 4.78 is 59.2. The lowest BCUT2D eigenvalue weighted by atomic mass is 9.95. The first-order valence-electron chi connectivity index (χ1n) is 11.0. The zero-order valence-corrected chi connectivity index (χ0v) is 20.2. The lowest BCUT2D eigenvalue weighted by molar-refractivity contribution is -0.384. The summed E-state index contributed by atoms with van der Waals surface area (Å²) >= 11 is 0.690. The standard InChI is InChI=1S/C24H16F3N3O7S/c1-2-35-22(32)18-19(13-5-8-15-16(10-13)37-11-36-15)29-21(31)17(38-23(29)28-20(18)24(25,26)27)9-12-3-6-14(7-4-12)30(33)34/h3-10,19H,2,11H2,1H3/b17-9-/t19-/m1/s1. The zero-order valence-electron chi connectivity index (χ0n) is 19.4. The smallest absolute Gasteiger partial charge is 0.434 e. The van der Waals surface area contributed by atoms with E-state index in [-0.39, 0.29) is 39.7 Å². The maximum Gasteiger partial charge on any atom is 0.434 e. The summed E-state index contributed by atoms with van der Waals surface area (Å²) in [6.45, 7) is 1.15. The predicted molar refractivity (Wildman–Crippen MR) is 126 cm³/mol. The fourth-order valence-electron chi connectivity index (χ4n) is 4.08. The Morgan fingerprint density at radius 3 is 2.61 bits per heavy atom. The second-order valence-electron chi connectivity index (χ2n) is 8.02. The molecule has 3 heterocycles. The minimum atomic E-state index is -5.04. The Morgan fingerprint density at radius 2 is 1.95 bits per heavy atom. The average Bonchev–Trinajstić information content (AvgIpc) is 3.46. The number of nitro groups is 1. The molecule has 196 valence electrons. The van der Waals surface area contributed by atoms with Crippen molar-refractivity contribution in [2.45, 2.75) is 19.1 Å². The molecule has 2 aliphatic rings. The molecule has 0 spiro atoms. The number of nitro benzene ring substituents is 1. The number of nitrogens with zero attached hydrogens (tertiary/aromatic N) is 3. The molecule has 1 atom stereocenters. The number of carbonyl (C=O) groups excluding carboxylic acids is 1. The third kappa shape index (κ3) is 4.42. The Kier molecular flexibility index (Phi) is 6.26. The van der Waals surface area contributed by atoms with Crippen molar-refractivity contribution in [2.24, 2.45) is 4.99 Å². The van der Waals surface area contributed by atoms with Gasteiger partial charge in [-0.25, -0.2) is 9.79 Å². The number of hydrogen-bond donors (Lipinski definition) is 0. The summed E-state index contributed by atoms with van der Waals surface area (Å²) in [6.07, 6.45) is -3.66. The van der Waals surface area contributed by atoms with Gasteiger partial charge in [-0.05, 0) is 48.4 Å². The lowest BCUT2D eigenvalue weighted by Gasteiger charge is -2.26. The van der Waals surface area contributed by atoms with Crippen LogP contribution in [0.4, 0.5) is 18.9 Å². The van der Waals surface area contributed by atoms with Crippen LogP contribution in [0.3, 0.4) is 0 Å². The van der Waals surface area contributed by atoms with Gasteiger partial charge in [0.1, 0.15) is 0 Å². The maximum atomic E-state index is 14.2. The first-order chi connectivity index (χ1) is 18.1. The van der Waals surface area contributed by atoms with E-state index in [9.17, 15) is 32.9 Å². The molecule has 0 saturated carbocycles. The number of hydrogen-bond acceptors (Lipinski definition) is 9. The molecule has 38 heavy (non-hydrogen) atoms. The van der Waals surface area contributed by atoms with Crippen molar-refractivity contribution in [3.8, 4) is 11.5 Å². The van der Waals surface area contributed by atoms with Crippen molar-refractivity contribution >= 4 is 29.1 Å². The van der Waals surface area contributed by atoms with Gasteiger partial charge in [0.2, 0.25) is 6.79 Å². The van der Waals surface area contributed by atoms with Crippen molar-refractivity contribution in [1.82, 2.24) is 4.57 Å². The number of ether oxygens (including phenoxy) is 3. The van der Waals surface area contributed by atoms with Gasteiger partial charge in [0, 0.05) is 12.1 Å². The summed E-state index contributed by atoms with van der Waals surface area (Å²) in [7, 11) is 0. The molecule has 10 nitrogen and oxygen atoms in total. The van der Waals surface area contributed by atoms with Crippen LogP contribution in [0.5, 0.6) is 11.5 Å². The van der Waals surface area contributed by atoms with Crippen molar-refractivity contribution in [2.75, 3.05) is 13.4 Å². The Labute approximate surface area is 214 Å². The Bertz CT molecular complexity index is 1670. The highest BCUT2D eigenvalue weighted by molar-refractivity contribution is 7.07. The second-order valence-corrected chi connectivity index (χ2v) is 9.03. The van der Waals surface area contributed by atoms with Crippen LogP contribution < -0.4 is 24.4 Å². The number of fused-ring (bicyclic) bond motifs is 2. The van der Waals surface area contributed by atoms with Crippen LogP contribution in [0.2, 0.25) is 0 Å². The van der Waals surface area contributed by atoms with E-state index < -0.39 is 39.9 Å². The normalized spacial score (nSPS) is 16.7. The first kappa shape index (κ1) is 25.2. The number of allylic oxidation sites excluding steroid dienone is 1. The van der Waals surface area contributed by atoms with E-state index in [1.807, 2.05) is 0 Å². The van der Waals surface area contributed by atoms with Gasteiger partial charge < -0.3 is 14.2 Å². The number of rotatable bonds is 5. The van der Waals surface area contributed by atoms with E-state index in [4.69, 9.17) is 14.2 Å². The third-order valence-corrected chi connectivity index (χ3v) is 6.69. The molecule has 2 aromatic carbocycles. The van der Waals surface area contributed by atoms with Crippen molar-refractivity contribution < 1.29 is 37.1 Å². The molecule has 0 fully saturated rings. The summed E-state index contributed by atoms with van der Waals surface area (Å²) in [5, 5.41) is 10.9. The van der Waals surface area contributed by atoms with Crippen LogP contribution in [0, 0.1) is 10.1 Å². The van der Waals surface area contributed by atoms with Gasteiger partial charge in [-0.1, -0.05) is 17.4 Å². The number of non-ortho nitro benzene ring substituents is 1. The van der Waals surface area contributed by atoms with E-state index in [1.54, 1.807) is 0 Å². The highest BCUT2D eigenvalue weighted by Crippen LogP contribution is 2.41. The summed E-state index contributed by atoms with van der Waals surface area (Å²) in [5.74, 6) is -0.669. The number of esters is 1. The molecule has 0 radical (unpaired) electrons. The second kappa shape index (κ2) is 9.45. The summed E-state index contributed by atoms with van der Waals surface area (Å²) in [6, 6.07) is 8.05. The van der Waals surface area contributed by atoms with Gasteiger partial charge in [0.25, 0.3) is 11.2 Å². The van der Waals surface area contributed by atoms with E-state index in [0.717, 1.165) is 4.57 Å². The van der Waals surface area contributed by atoms with Crippen LogP contribution in [0.1, 0.15) is 24.1 Å². The maximum absolute atomic E-state index is 14.2. The highest BCUT2D eigenvalue weighted by atomic mass is 32.1. The largest absolute Gasteiger partial charge is 0.463 e. The highest BCUT2D eigenvalue weighted by Gasteiger charge is 2.45. The minimum absolute atomic E-state index is 0.00924. The van der Waals surface area contributed by atoms with Crippen molar-refractivity contribution in [3.63, 3.8) is 0 Å². The summed E-state index contributed by atoms with van der Waals surface area (Å²) in [4.78, 5) is 40.2. The molecule has 0 unspecified atom stereocenters. The average molecular weight is 547 g/mol. The quantitative estimate of drug-likeness (QED) is 0.273. The lowest BCUT2D eigenvalue weighted by Crippen LogP contribution is -2.41. The minimum Gasteiger partial charge on any atom is -0.463 e. The van der Waals surface area contributed by atoms with Crippen molar-refractivity contribution in [3.05, 3.63) is 94.7 Å². The Hall–Kier alpha value is -4.46. The van der Waals surface area contributed by atoms with E-state index in [2.05, 4.69) is 4.99 Å². The van der Waals surface area contributed by atoms with E-state index >= 15 is 0 Å². The monoisotopic (exact) mass is 547 g/mol.